The van der Waals surface area contributed by atoms with Crippen LogP contribution in [-0.2, 0) is 32.6 Å². The summed E-state index contributed by atoms with van der Waals surface area (Å²) in [6.45, 7) is 5.29. The van der Waals surface area contributed by atoms with Gasteiger partial charge in [0.25, 0.3) is 0 Å². The van der Waals surface area contributed by atoms with Gasteiger partial charge in [-0.1, -0.05) is 6.08 Å². The summed E-state index contributed by atoms with van der Waals surface area (Å²) < 4.78 is 41.3. The number of aromatic nitrogens is 1. The summed E-state index contributed by atoms with van der Waals surface area (Å²) in [5.41, 5.74) is 1.45. The maximum atomic E-state index is 12.3. The number of hydrogen-bond acceptors (Lipinski definition) is 9. The van der Waals surface area contributed by atoms with Crippen LogP contribution in [0.15, 0.2) is 48.6 Å². The number of Topliss-reactive ketones (excluding diaryl/α,β-unsaturated/α-hetero) is 1. The molecule has 11 heteroatoms. The predicted molar refractivity (Wildman–Crippen MR) is 122 cm³/mol. The quantitative estimate of drug-likeness (QED) is 0.357. The van der Waals surface area contributed by atoms with Crippen LogP contribution in [0.1, 0.15) is 45.3 Å². The van der Waals surface area contributed by atoms with Gasteiger partial charge in [0.15, 0.2) is 23.9 Å². The van der Waals surface area contributed by atoms with E-state index in [9.17, 15) is 9.36 Å². The predicted octanol–water partition coefficient (Wildman–Crippen LogP) is 2.87. The van der Waals surface area contributed by atoms with Crippen LogP contribution < -0.4 is 0 Å². The molecule has 2 saturated heterocycles. The fourth-order valence-corrected chi connectivity index (χ4v) is 4.77. The molecular weight excluding hydrogens is 463 g/mol. The zero-order valence-electron chi connectivity index (χ0n) is 19.5. The Morgan fingerprint density at radius 1 is 1.35 bits per heavy atom. The maximum Gasteiger partial charge on any atom is 0.697 e. The first-order chi connectivity index (χ1) is 16.2. The summed E-state index contributed by atoms with van der Waals surface area (Å²) in [6, 6.07) is 3.60. The Hall–Kier alpha value is -2.04. The summed E-state index contributed by atoms with van der Waals surface area (Å²) in [4.78, 5) is 17.6. The van der Waals surface area contributed by atoms with Gasteiger partial charge in [0.1, 0.15) is 31.5 Å². The lowest BCUT2D eigenvalue weighted by Gasteiger charge is -2.31. The van der Waals surface area contributed by atoms with Crippen molar-refractivity contribution in [3.8, 4) is 0 Å². The third-order valence-corrected chi connectivity index (χ3v) is 6.58. The fourth-order valence-electron chi connectivity index (χ4n) is 4.17. The number of carbonyl (C=O) groups is 1. The van der Waals surface area contributed by atoms with E-state index < -0.39 is 44.7 Å². The van der Waals surface area contributed by atoms with E-state index in [1.165, 1.54) is 6.92 Å². The Bertz CT molecular complexity index is 954. The van der Waals surface area contributed by atoms with E-state index in [-0.39, 0.29) is 19.0 Å². The molecule has 0 saturated carbocycles. The molecule has 10 nitrogen and oxygen atoms in total. The van der Waals surface area contributed by atoms with Crippen molar-refractivity contribution < 1.29 is 37.7 Å². The first-order valence-corrected chi connectivity index (χ1v) is 12.3. The fraction of sp³-hybridized carbons (Fsp3) is 0.565. The number of ketones is 1. The Morgan fingerprint density at radius 2 is 2.15 bits per heavy atom. The highest BCUT2D eigenvalue weighted by atomic mass is 31.1. The van der Waals surface area contributed by atoms with Crippen LogP contribution in [0, 0.1) is 0 Å². The summed E-state index contributed by atoms with van der Waals surface area (Å²) in [6.07, 6.45) is 7.31. The third kappa shape index (κ3) is 5.95. The summed E-state index contributed by atoms with van der Waals surface area (Å²) in [5.74, 6) is -0.809. The highest BCUT2D eigenvalue weighted by molar-refractivity contribution is 7.33. The van der Waals surface area contributed by atoms with Gasteiger partial charge in [-0.15, -0.1) is 9.05 Å². The number of fused-ring (bicyclic) bond motifs is 1. The molecular formula is C23H31N2O8P+2. The number of carbonyl (C=O) groups excluding carboxylic acids is 1. The second-order valence-electron chi connectivity index (χ2n) is 8.86. The maximum absolute atomic E-state index is 12.3. The minimum Gasteiger partial charge on any atom is -0.440 e. The summed E-state index contributed by atoms with van der Waals surface area (Å²) in [5, 5.41) is 8.13. The Morgan fingerprint density at radius 3 is 2.88 bits per heavy atom. The topological polar surface area (TPSA) is 119 Å². The first kappa shape index (κ1) is 25.1. The second kappa shape index (κ2) is 10.7. The van der Waals surface area contributed by atoms with Crippen LogP contribution in [0.4, 0.5) is 0 Å². The van der Waals surface area contributed by atoms with Gasteiger partial charge in [0.05, 0.1) is 6.42 Å². The number of rotatable bonds is 10. The molecule has 2 N–H and O–H groups in total. The average molecular weight is 494 g/mol. The van der Waals surface area contributed by atoms with Crippen molar-refractivity contribution in [1.82, 2.24) is 9.88 Å². The van der Waals surface area contributed by atoms with Gasteiger partial charge in [-0.05, 0) is 39.3 Å². The molecule has 0 radical (unpaired) electrons. The van der Waals surface area contributed by atoms with E-state index >= 15 is 0 Å². The number of pyridine rings is 1. The van der Waals surface area contributed by atoms with Crippen LogP contribution in [0.25, 0.3) is 0 Å². The van der Waals surface area contributed by atoms with Gasteiger partial charge in [-0.2, -0.15) is 0 Å². The van der Waals surface area contributed by atoms with Crippen molar-refractivity contribution in [3.05, 3.63) is 54.1 Å². The molecule has 4 heterocycles. The second-order valence-corrected chi connectivity index (χ2v) is 9.82. The Labute approximate surface area is 199 Å². The van der Waals surface area contributed by atoms with Crippen LogP contribution in [0.5, 0.6) is 0 Å². The van der Waals surface area contributed by atoms with Crippen molar-refractivity contribution in [1.29, 1.82) is 0 Å². The van der Waals surface area contributed by atoms with Gasteiger partial charge in [0, 0.05) is 40.5 Å². The van der Waals surface area contributed by atoms with E-state index in [2.05, 4.69) is 4.98 Å². The van der Waals surface area contributed by atoms with Gasteiger partial charge < -0.3 is 24.2 Å². The standard InChI is InChI=1S/C23H30N2O8P/c1-15(26)17-7-5-10-25(13-17)22-21-20(32-23(2,3)33-21)19(31-22)14-30-34(28)29-11-8-18(27)16-6-4-9-24-12-16/h4-6,9-10,12-13,18-22,27H,7-8,11,14H2,1-3H3/q+1/p+1. The molecule has 6 unspecified atom stereocenters. The molecule has 2 fully saturated rings. The van der Waals surface area contributed by atoms with E-state index in [0.717, 1.165) is 5.56 Å². The van der Waals surface area contributed by atoms with Crippen molar-refractivity contribution >= 4 is 14.0 Å². The zero-order valence-corrected chi connectivity index (χ0v) is 20.4. The van der Waals surface area contributed by atoms with E-state index in [1.54, 1.807) is 24.7 Å². The van der Waals surface area contributed by atoms with E-state index in [4.69, 9.17) is 28.4 Å². The molecule has 0 aliphatic carbocycles. The lowest BCUT2D eigenvalue weighted by molar-refractivity contribution is -0.201. The molecule has 34 heavy (non-hydrogen) atoms. The van der Waals surface area contributed by atoms with E-state index in [0.29, 0.717) is 18.4 Å². The molecule has 1 aromatic rings. The van der Waals surface area contributed by atoms with Crippen LogP contribution in [0.3, 0.4) is 0 Å². The van der Waals surface area contributed by atoms with Crippen molar-refractivity contribution in [2.75, 3.05) is 13.2 Å². The van der Waals surface area contributed by atoms with Crippen molar-refractivity contribution in [2.45, 2.75) is 70.0 Å². The molecule has 1 aromatic heterocycles. The van der Waals surface area contributed by atoms with Crippen LogP contribution in [-0.4, -0.2) is 64.3 Å². The first-order valence-electron chi connectivity index (χ1n) is 11.2. The Kier molecular flexibility index (Phi) is 7.89. The zero-order chi connectivity index (χ0) is 24.3. The SMILES string of the molecule is CC(=O)C1=CN(C2OC(CO[P+](=O)OCCC([OH2+])c3cccnc3)C3OC(C)(C)OC32)C=CC1. The minimum absolute atomic E-state index is 0.000270. The average Bonchev–Trinajstić information content (AvgIpc) is 3.31. The van der Waals surface area contributed by atoms with E-state index in [1.807, 2.05) is 37.1 Å². The lowest BCUT2D eigenvalue weighted by atomic mass is 10.1. The summed E-state index contributed by atoms with van der Waals surface area (Å²) in [7, 11) is -2.39. The third-order valence-electron chi connectivity index (χ3n) is 5.83. The van der Waals surface area contributed by atoms with Gasteiger partial charge in [0.2, 0.25) is 0 Å². The molecule has 3 aliphatic rings. The Balaban J connectivity index is 1.31. The molecule has 4 rings (SSSR count). The molecule has 6 atom stereocenters. The number of hydrogen-bond donors (Lipinski definition) is 0. The monoisotopic (exact) mass is 494 g/mol. The van der Waals surface area contributed by atoms with Crippen LogP contribution in [0.2, 0.25) is 0 Å². The molecule has 184 valence electrons. The van der Waals surface area contributed by atoms with Gasteiger partial charge >= 0.3 is 8.25 Å². The van der Waals surface area contributed by atoms with Crippen LogP contribution >= 0.6 is 8.25 Å². The highest BCUT2D eigenvalue weighted by Crippen LogP contribution is 2.41. The van der Waals surface area contributed by atoms with Gasteiger partial charge in [-0.3, -0.25) is 9.78 Å². The van der Waals surface area contributed by atoms with Crippen molar-refractivity contribution in [2.24, 2.45) is 0 Å². The molecule has 3 aliphatic heterocycles. The molecule has 0 amide bonds. The normalized spacial score (nSPS) is 29.0. The van der Waals surface area contributed by atoms with Gasteiger partial charge in [-0.25, -0.2) is 0 Å². The molecule has 0 bridgehead atoms. The number of allylic oxidation sites excluding steroid dienone is 2. The summed E-state index contributed by atoms with van der Waals surface area (Å²) >= 11 is 0. The smallest absolute Gasteiger partial charge is 0.440 e. The molecule has 0 spiro atoms. The number of ether oxygens (including phenoxy) is 3. The van der Waals surface area contributed by atoms with Crippen molar-refractivity contribution in [3.63, 3.8) is 0 Å². The largest absolute Gasteiger partial charge is 0.697 e. The molecule has 0 aromatic carbocycles. The highest BCUT2D eigenvalue weighted by Gasteiger charge is 2.57. The lowest BCUT2D eigenvalue weighted by Crippen LogP contribution is -2.39. The minimum atomic E-state index is -2.39. The number of nitrogens with zero attached hydrogens (tertiary/aromatic N) is 2.